The standard InChI is InChI=1S/C25H27NO4/c1-16(2)25-21(13-12-18(27)14-19(28)15-23(29)30)24(17-8-4-3-5-9-17)20-10-6-7-11-22(20)26-25/h3-13,16,18-19,27-28H,14-15H2,1-2H3,(H,29,30)/b13-12+. The molecule has 0 bridgehead atoms. The van der Waals surface area contributed by atoms with Crippen LogP contribution in [0.3, 0.4) is 0 Å². The van der Waals surface area contributed by atoms with Gasteiger partial charge in [0.15, 0.2) is 0 Å². The Morgan fingerprint density at radius 3 is 2.37 bits per heavy atom. The monoisotopic (exact) mass is 405 g/mol. The Bertz CT molecular complexity index is 1040. The Morgan fingerprint density at radius 2 is 1.70 bits per heavy atom. The van der Waals surface area contributed by atoms with Crippen LogP contribution in [-0.2, 0) is 4.79 Å². The lowest BCUT2D eigenvalue weighted by Gasteiger charge is -2.18. The highest BCUT2D eigenvalue weighted by Gasteiger charge is 2.18. The second-order valence-corrected chi connectivity index (χ2v) is 7.74. The van der Waals surface area contributed by atoms with Crippen LogP contribution in [-0.4, -0.2) is 38.5 Å². The highest BCUT2D eigenvalue weighted by atomic mass is 16.4. The Kier molecular flexibility index (Phi) is 6.98. The fourth-order valence-corrected chi connectivity index (χ4v) is 3.62. The fraction of sp³-hybridized carbons (Fsp3) is 0.280. The van der Waals surface area contributed by atoms with Gasteiger partial charge in [0.25, 0.3) is 0 Å². The van der Waals surface area contributed by atoms with Crippen molar-refractivity contribution in [3.63, 3.8) is 0 Å². The molecule has 2 aromatic carbocycles. The van der Waals surface area contributed by atoms with Crippen molar-refractivity contribution >= 4 is 22.9 Å². The van der Waals surface area contributed by atoms with E-state index < -0.39 is 24.6 Å². The molecule has 30 heavy (non-hydrogen) atoms. The van der Waals surface area contributed by atoms with Crippen molar-refractivity contribution in [1.82, 2.24) is 4.98 Å². The summed E-state index contributed by atoms with van der Waals surface area (Å²) in [6, 6.07) is 18.0. The molecule has 3 rings (SSSR count). The number of aliphatic carboxylic acids is 1. The number of nitrogens with zero attached hydrogens (tertiary/aromatic N) is 1. The van der Waals surface area contributed by atoms with Gasteiger partial charge in [-0.15, -0.1) is 0 Å². The summed E-state index contributed by atoms with van der Waals surface area (Å²) < 4.78 is 0. The smallest absolute Gasteiger partial charge is 0.305 e. The number of hydrogen-bond donors (Lipinski definition) is 3. The molecule has 2 unspecified atom stereocenters. The highest BCUT2D eigenvalue weighted by Crippen LogP contribution is 2.36. The normalized spacial score (nSPS) is 13.8. The van der Waals surface area contributed by atoms with Gasteiger partial charge in [-0.2, -0.15) is 0 Å². The molecule has 0 aliphatic carbocycles. The van der Waals surface area contributed by atoms with E-state index >= 15 is 0 Å². The van der Waals surface area contributed by atoms with E-state index in [0.717, 1.165) is 33.3 Å². The zero-order chi connectivity index (χ0) is 21.7. The highest BCUT2D eigenvalue weighted by molar-refractivity contribution is 5.99. The maximum Gasteiger partial charge on any atom is 0.305 e. The van der Waals surface area contributed by atoms with Crippen LogP contribution in [0, 0.1) is 0 Å². The quantitative estimate of drug-likeness (QED) is 0.508. The summed E-state index contributed by atoms with van der Waals surface area (Å²) in [6.45, 7) is 4.16. The second-order valence-electron chi connectivity index (χ2n) is 7.74. The predicted octanol–water partition coefficient (Wildman–Crippen LogP) is 4.63. The van der Waals surface area contributed by atoms with E-state index in [9.17, 15) is 15.0 Å². The van der Waals surface area contributed by atoms with Gasteiger partial charge in [0.2, 0.25) is 0 Å². The Labute approximate surface area is 176 Å². The van der Waals surface area contributed by atoms with Crippen LogP contribution in [0.1, 0.15) is 43.9 Å². The first-order valence-corrected chi connectivity index (χ1v) is 10.1. The molecule has 0 aliphatic heterocycles. The number of aromatic nitrogens is 1. The molecular weight excluding hydrogens is 378 g/mol. The fourth-order valence-electron chi connectivity index (χ4n) is 3.62. The molecule has 0 radical (unpaired) electrons. The first-order chi connectivity index (χ1) is 14.4. The summed E-state index contributed by atoms with van der Waals surface area (Å²) in [5, 5.41) is 30.0. The van der Waals surface area contributed by atoms with E-state index in [4.69, 9.17) is 10.1 Å². The Hall–Kier alpha value is -3.02. The van der Waals surface area contributed by atoms with E-state index in [2.05, 4.69) is 26.0 Å². The third kappa shape index (κ3) is 5.12. The number of pyridine rings is 1. The van der Waals surface area contributed by atoms with Gasteiger partial charge in [-0.1, -0.05) is 74.5 Å². The van der Waals surface area contributed by atoms with Crippen molar-refractivity contribution in [2.45, 2.75) is 44.8 Å². The summed E-state index contributed by atoms with van der Waals surface area (Å²) in [5.41, 5.74) is 4.84. The number of carbonyl (C=O) groups is 1. The summed E-state index contributed by atoms with van der Waals surface area (Å²) in [6.07, 6.45) is 0.949. The largest absolute Gasteiger partial charge is 0.481 e. The van der Waals surface area contributed by atoms with Crippen molar-refractivity contribution in [3.8, 4) is 11.1 Å². The number of fused-ring (bicyclic) bond motifs is 1. The lowest BCUT2D eigenvalue weighted by molar-refractivity contribution is -0.139. The summed E-state index contributed by atoms with van der Waals surface area (Å²) in [4.78, 5) is 15.6. The van der Waals surface area contributed by atoms with Crippen LogP contribution in [0.5, 0.6) is 0 Å². The number of carboxylic acids is 1. The SMILES string of the molecule is CC(C)c1nc2ccccc2c(-c2ccccc2)c1/C=C/C(O)CC(O)CC(=O)O. The van der Waals surface area contributed by atoms with Crippen LogP contribution in [0.15, 0.2) is 60.7 Å². The molecule has 0 aliphatic rings. The maximum atomic E-state index is 10.7. The number of aliphatic hydroxyl groups excluding tert-OH is 2. The molecule has 2 atom stereocenters. The minimum atomic E-state index is -1.10. The first kappa shape index (κ1) is 21.7. The third-order valence-electron chi connectivity index (χ3n) is 4.98. The van der Waals surface area contributed by atoms with Crippen molar-refractivity contribution in [3.05, 3.63) is 71.9 Å². The molecule has 0 spiro atoms. The molecule has 1 heterocycles. The third-order valence-corrected chi connectivity index (χ3v) is 4.98. The van der Waals surface area contributed by atoms with Gasteiger partial charge in [0.05, 0.1) is 29.8 Å². The molecule has 0 saturated carbocycles. The summed E-state index contributed by atoms with van der Waals surface area (Å²) in [5.74, 6) is -0.933. The first-order valence-electron chi connectivity index (χ1n) is 10.1. The summed E-state index contributed by atoms with van der Waals surface area (Å²) >= 11 is 0. The maximum absolute atomic E-state index is 10.7. The molecule has 3 aromatic rings. The number of aliphatic hydroxyl groups is 2. The van der Waals surface area contributed by atoms with E-state index in [1.54, 1.807) is 6.08 Å². The van der Waals surface area contributed by atoms with Crippen LogP contribution < -0.4 is 0 Å². The predicted molar refractivity (Wildman–Crippen MR) is 119 cm³/mol. The number of rotatable bonds is 8. The number of para-hydroxylation sites is 1. The van der Waals surface area contributed by atoms with E-state index in [1.807, 2.05) is 48.5 Å². The van der Waals surface area contributed by atoms with Gasteiger partial charge < -0.3 is 15.3 Å². The van der Waals surface area contributed by atoms with Gasteiger partial charge in [-0.05, 0) is 17.5 Å². The van der Waals surface area contributed by atoms with Crippen LogP contribution >= 0.6 is 0 Å². The minimum absolute atomic E-state index is 0.0402. The molecule has 5 nitrogen and oxygen atoms in total. The van der Waals surface area contributed by atoms with Crippen molar-refractivity contribution < 1.29 is 20.1 Å². The van der Waals surface area contributed by atoms with Gasteiger partial charge in [-0.3, -0.25) is 9.78 Å². The van der Waals surface area contributed by atoms with E-state index in [0.29, 0.717) is 0 Å². The lowest BCUT2D eigenvalue weighted by atomic mass is 9.90. The van der Waals surface area contributed by atoms with Crippen LogP contribution in [0.2, 0.25) is 0 Å². The Morgan fingerprint density at radius 1 is 1.03 bits per heavy atom. The molecule has 156 valence electrons. The van der Waals surface area contributed by atoms with Gasteiger partial charge in [0.1, 0.15) is 0 Å². The average molecular weight is 405 g/mol. The molecule has 0 amide bonds. The molecule has 1 aromatic heterocycles. The van der Waals surface area contributed by atoms with Crippen LogP contribution in [0.25, 0.3) is 28.1 Å². The van der Waals surface area contributed by atoms with Gasteiger partial charge in [0, 0.05) is 22.9 Å². The van der Waals surface area contributed by atoms with Crippen molar-refractivity contribution in [2.24, 2.45) is 0 Å². The molecule has 3 N–H and O–H groups in total. The lowest BCUT2D eigenvalue weighted by Crippen LogP contribution is -2.19. The topological polar surface area (TPSA) is 90.7 Å². The zero-order valence-electron chi connectivity index (χ0n) is 17.2. The molecule has 0 saturated heterocycles. The molecule has 0 fully saturated rings. The van der Waals surface area contributed by atoms with Crippen molar-refractivity contribution in [1.29, 1.82) is 0 Å². The number of benzene rings is 2. The van der Waals surface area contributed by atoms with E-state index in [-0.39, 0.29) is 12.3 Å². The van der Waals surface area contributed by atoms with Crippen LogP contribution in [0.4, 0.5) is 0 Å². The van der Waals surface area contributed by atoms with Gasteiger partial charge in [-0.25, -0.2) is 0 Å². The zero-order valence-corrected chi connectivity index (χ0v) is 17.2. The summed E-state index contributed by atoms with van der Waals surface area (Å²) in [7, 11) is 0. The minimum Gasteiger partial charge on any atom is -0.481 e. The van der Waals surface area contributed by atoms with Crippen molar-refractivity contribution in [2.75, 3.05) is 0 Å². The molecular formula is C25H27NO4. The average Bonchev–Trinajstić information content (AvgIpc) is 2.71. The van der Waals surface area contributed by atoms with Gasteiger partial charge >= 0.3 is 5.97 Å². The number of carboxylic acid groups (broad SMARTS) is 1. The Balaban J connectivity index is 2.10. The second kappa shape index (κ2) is 9.65. The number of hydrogen-bond acceptors (Lipinski definition) is 4. The molecule has 5 heteroatoms. The van der Waals surface area contributed by atoms with E-state index in [1.165, 1.54) is 0 Å².